The van der Waals surface area contributed by atoms with E-state index in [0.717, 1.165) is 29.4 Å². The van der Waals surface area contributed by atoms with Crippen molar-refractivity contribution in [1.29, 1.82) is 0 Å². The van der Waals surface area contributed by atoms with Gasteiger partial charge in [-0.25, -0.2) is 4.79 Å². The number of fused-ring (bicyclic) bond motifs is 1. The third kappa shape index (κ3) is 2.21. The van der Waals surface area contributed by atoms with Crippen LogP contribution < -0.4 is 5.69 Å². The summed E-state index contributed by atoms with van der Waals surface area (Å²) in [4.78, 5) is 16.7. The summed E-state index contributed by atoms with van der Waals surface area (Å²) < 4.78 is 0. The van der Waals surface area contributed by atoms with Gasteiger partial charge >= 0.3 is 5.69 Å². The van der Waals surface area contributed by atoms with Crippen molar-refractivity contribution in [3.63, 3.8) is 0 Å². The number of imidazole rings is 1. The Balaban J connectivity index is 1.96. The number of aromatic amines is 2. The fourth-order valence-corrected chi connectivity index (χ4v) is 3.26. The van der Waals surface area contributed by atoms with Crippen molar-refractivity contribution in [1.82, 2.24) is 9.97 Å². The number of aliphatic hydroxyl groups excluding tert-OH is 1. The molecular weight excluding hydrogens is 240 g/mol. The smallest absolute Gasteiger partial charge is 0.323 e. The molecule has 4 nitrogen and oxygen atoms in total. The number of aliphatic hydroxyl groups is 1. The van der Waals surface area contributed by atoms with Gasteiger partial charge in [-0.05, 0) is 36.0 Å². The van der Waals surface area contributed by atoms with E-state index < -0.39 is 6.10 Å². The van der Waals surface area contributed by atoms with Crippen molar-refractivity contribution in [2.45, 2.75) is 45.1 Å². The topological polar surface area (TPSA) is 68.9 Å². The van der Waals surface area contributed by atoms with Gasteiger partial charge in [0, 0.05) is 0 Å². The number of aromatic nitrogens is 2. The first-order valence-corrected chi connectivity index (χ1v) is 6.98. The highest BCUT2D eigenvalue weighted by Gasteiger charge is 2.35. The molecule has 2 aromatic rings. The predicted molar refractivity (Wildman–Crippen MR) is 75.1 cm³/mol. The molecule has 1 atom stereocenters. The molecule has 4 heteroatoms. The van der Waals surface area contributed by atoms with Crippen molar-refractivity contribution in [2.24, 2.45) is 5.41 Å². The first-order chi connectivity index (χ1) is 9.08. The molecule has 1 heterocycles. The van der Waals surface area contributed by atoms with Crippen LogP contribution in [0.5, 0.6) is 0 Å². The summed E-state index contributed by atoms with van der Waals surface area (Å²) in [7, 11) is 0. The number of nitrogens with one attached hydrogen (secondary N) is 2. The van der Waals surface area contributed by atoms with E-state index in [1.807, 2.05) is 18.2 Å². The van der Waals surface area contributed by atoms with Crippen LogP contribution in [0.2, 0.25) is 0 Å². The third-order valence-electron chi connectivity index (χ3n) is 4.51. The van der Waals surface area contributed by atoms with Crippen LogP contribution >= 0.6 is 0 Å². The molecule has 1 aliphatic carbocycles. The van der Waals surface area contributed by atoms with Crippen molar-refractivity contribution in [2.75, 3.05) is 0 Å². The predicted octanol–water partition coefficient (Wildman–Crippen LogP) is 2.86. The highest BCUT2D eigenvalue weighted by molar-refractivity contribution is 5.75. The Hall–Kier alpha value is -1.55. The van der Waals surface area contributed by atoms with Crippen molar-refractivity contribution < 1.29 is 5.11 Å². The Morgan fingerprint density at radius 2 is 1.84 bits per heavy atom. The van der Waals surface area contributed by atoms with Crippen molar-refractivity contribution in [3.8, 4) is 0 Å². The van der Waals surface area contributed by atoms with Crippen LogP contribution in [-0.4, -0.2) is 15.1 Å². The lowest BCUT2D eigenvalue weighted by Crippen LogP contribution is -2.28. The van der Waals surface area contributed by atoms with Gasteiger partial charge in [-0.2, -0.15) is 0 Å². The molecule has 0 bridgehead atoms. The van der Waals surface area contributed by atoms with Gasteiger partial charge in [-0.1, -0.05) is 32.3 Å². The maximum Gasteiger partial charge on any atom is 0.323 e. The zero-order chi connectivity index (χ0) is 13.5. The molecule has 3 N–H and O–H groups in total. The normalized spacial score (nSPS) is 20.5. The fourth-order valence-electron chi connectivity index (χ4n) is 3.26. The number of H-pyrrole nitrogens is 2. The van der Waals surface area contributed by atoms with E-state index in [-0.39, 0.29) is 11.1 Å². The number of hydrogen-bond donors (Lipinski definition) is 3. The molecular formula is C15H20N2O2. The highest BCUT2D eigenvalue weighted by atomic mass is 16.3. The second-order valence-corrected chi connectivity index (χ2v) is 6.00. The third-order valence-corrected chi connectivity index (χ3v) is 4.51. The van der Waals surface area contributed by atoms with E-state index >= 15 is 0 Å². The number of hydrogen-bond acceptors (Lipinski definition) is 2. The largest absolute Gasteiger partial charge is 0.388 e. The highest BCUT2D eigenvalue weighted by Crippen LogP contribution is 2.45. The lowest BCUT2D eigenvalue weighted by molar-refractivity contribution is 0.00827. The lowest BCUT2D eigenvalue weighted by Gasteiger charge is -2.38. The molecule has 0 aliphatic heterocycles. The number of rotatable bonds is 2. The maximum absolute atomic E-state index is 11.3. The van der Waals surface area contributed by atoms with Gasteiger partial charge < -0.3 is 15.1 Å². The van der Waals surface area contributed by atoms with Crippen LogP contribution in [0.15, 0.2) is 23.0 Å². The van der Waals surface area contributed by atoms with Crippen molar-refractivity contribution >= 4 is 11.0 Å². The Kier molecular flexibility index (Phi) is 2.97. The van der Waals surface area contributed by atoms with E-state index in [2.05, 4.69) is 16.9 Å². The second kappa shape index (κ2) is 4.53. The molecule has 0 amide bonds. The SMILES string of the molecule is CC1(C(O)c2ccc3[nH]c(=O)[nH]c3c2)CCCCC1. The molecule has 1 unspecified atom stereocenters. The van der Waals surface area contributed by atoms with Gasteiger partial charge in [-0.15, -0.1) is 0 Å². The Bertz CT molecular complexity index is 635. The fraction of sp³-hybridized carbons (Fsp3) is 0.533. The minimum absolute atomic E-state index is 0.0392. The van der Waals surface area contributed by atoms with E-state index in [1.54, 1.807) is 0 Å². The number of benzene rings is 1. The summed E-state index contributed by atoms with van der Waals surface area (Å²) in [5.41, 5.74) is 2.20. The summed E-state index contributed by atoms with van der Waals surface area (Å²) >= 11 is 0. The van der Waals surface area contributed by atoms with Gasteiger partial charge in [0.05, 0.1) is 17.1 Å². The zero-order valence-corrected chi connectivity index (χ0v) is 11.2. The van der Waals surface area contributed by atoms with Gasteiger partial charge in [0.1, 0.15) is 0 Å². The van der Waals surface area contributed by atoms with E-state index in [4.69, 9.17) is 0 Å². The molecule has 1 aromatic heterocycles. The molecule has 0 radical (unpaired) electrons. The quantitative estimate of drug-likeness (QED) is 0.777. The van der Waals surface area contributed by atoms with E-state index in [0.29, 0.717) is 0 Å². The maximum atomic E-state index is 11.3. The van der Waals surface area contributed by atoms with Crippen LogP contribution in [0.3, 0.4) is 0 Å². The molecule has 1 aliphatic rings. The average molecular weight is 260 g/mol. The van der Waals surface area contributed by atoms with Crippen molar-refractivity contribution in [3.05, 3.63) is 34.2 Å². The van der Waals surface area contributed by atoms with Gasteiger partial charge in [0.15, 0.2) is 0 Å². The summed E-state index contributed by atoms with van der Waals surface area (Å²) in [5.74, 6) is 0. The second-order valence-electron chi connectivity index (χ2n) is 6.00. The molecule has 19 heavy (non-hydrogen) atoms. The minimum atomic E-state index is -0.462. The standard InChI is InChI=1S/C15H20N2O2/c1-15(7-3-2-4-8-15)13(18)10-5-6-11-12(9-10)17-14(19)16-11/h5-6,9,13,18H,2-4,7-8H2,1H3,(H2,16,17,19). The molecule has 0 spiro atoms. The monoisotopic (exact) mass is 260 g/mol. The molecule has 1 fully saturated rings. The Morgan fingerprint density at radius 3 is 2.58 bits per heavy atom. The average Bonchev–Trinajstić information content (AvgIpc) is 2.77. The summed E-state index contributed by atoms with van der Waals surface area (Å²) in [6.07, 6.45) is 5.32. The molecule has 3 rings (SSSR count). The summed E-state index contributed by atoms with van der Waals surface area (Å²) in [6.45, 7) is 2.17. The van der Waals surface area contributed by atoms with Crippen LogP contribution in [0.25, 0.3) is 11.0 Å². The molecule has 1 aromatic carbocycles. The summed E-state index contributed by atoms with van der Waals surface area (Å²) in [6, 6.07) is 5.66. The van der Waals surface area contributed by atoms with Crippen LogP contribution in [0, 0.1) is 5.41 Å². The molecule has 1 saturated carbocycles. The first-order valence-electron chi connectivity index (χ1n) is 6.98. The first kappa shape index (κ1) is 12.5. The zero-order valence-electron chi connectivity index (χ0n) is 11.2. The Morgan fingerprint density at radius 1 is 1.16 bits per heavy atom. The molecule has 0 saturated heterocycles. The van der Waals surface area contributed by atoms with Gasteiger partial charge in [-0.3, -0.25) is 0 Å². The van der Waals surface area contributed by atoms with Crippen LogP contribution in [0.4, 0.5) is 0 Å². The minimum Gasteiger partial charge on any atom is -0.388 e. The summed E-state index contributed by atoms with van der Waals surface area (Å²) in [5, 5.41) is 10.7. The van der Waals surface area contributed by atoms with Crippen LogP contribution in [-0.2, 0) is 0 Å². The van der Waals surface area contributed by atoms with Crippen LogP contribution in [0.1, 0.15) is 50.7 Å². The van der Waals surface area contributed by atoms with Gasteiger partial charge in [0.2, 0.25) is 0 Å². The van der Waals surface area contributed by atoms with Gasteiger partial charge in [0.25, 0.3) is 0 Å². The molecule has 102 valence electrons. The lowest BCUT2D eigenvalue weighted by atomic mass is 9.70. The van der Waals surface area contributed by atoms with E-state index in [9.17, 15) is 9.90 Å². The Labute approximate surface area is 111 Å². The van der Waals surface area contributed by atoms with E-state index in [1.165, 1.54) is 19.3 Å².